The van der Waals surface area contributed by atoms with Crippen molar-refractivity contribution in [2.45, 2.75) is 25.6 Å². The molecular weight excluding hydrogens is 144 g/mol. The number of hydrogen-bond acceptors (Lipinski definition) is 3. The van der Waals surface area contributed by atoms with Crippen LogP contribution in [0.5, 0.6) is 0 Å². The van der Waals surface area contributed by atoms with Gasteiger partial charge in [0.2, 0.25) is 0 Å². The number of hydrogen-bond donors (Lipinski definition) is 0. The van der Waals surface area contributed by atoms with Crippen LogP contribution in [0.2, 0.25) is 0 Å². The van der Waals surface area contributed by atoms with Gasteiger partial charge in [-0.1, -0.05) is 0 Å². The van der Waals surface area contributed by atoms with E-state index in [-0.39, 0.29) is 5.60 Å². The third-order valence-electron chi connectivity index (χ3n) is 1.87. The van der Waals surface area contributed by atoms with Crippen LogP contribution in [0.3, 0.4) is 0 Å². The highest BCUT2D eigenvalue weighted by Gasteiger charge is 2.47. The molecule has 1 rings (SSSR count). The zero-order valence-corrected chi connectivity index (χ0v) is 7.42. The molecule has 3 heteroatoms. The summed E-state index contributed by atoms with van der Waals surface area (Å²) in [7, 11) is 1.67. The predicted molar refractivity (Wildman–Crippen MR) is 41.6 cm³/mol. The largest absolute Gasteiger partial charge is 0.382 e. The minimum absolute atomic E-state index is 0.0487. The number of methoxy groups -OCH3 is 1. The molecule has 0 aromatic carbocycles. The molecule has 1 saturated heterocycles. The maximum absolute atomic E-state index is 5.32. The first-order valence-electron chi connectivity index (χ1n) is 3.91. The van der Waals surface area contributed by atoms with Crippen molar-refractivity contribution in [2.75, 3.05) is 26.9 Å². The highest BCUT2D eigenvalue weighted by molar-refractivity contribution is 4.94. The Kier molecular flexibility index (Phi) is 2.87. The molecule has 0 saturated carbocycles. The van der Waals surface area contributed by atoms with E-state index in [4.69, 9.17) is 14.2 Å². The molecule has 0 amide bonds. The average Bonchev–Trinajstić information content (AvgIpc) is 2.52. The Morgan fingerprint density at radius 3 is 2.45 bits per heavy atom. The van der Waals surface area contributed by atoms with Crippen molar-refractivity contribution in [1.82, 2.24) is 0 Å². The summed E-state index contributed by atoms with van der Waals surface area (Å²) in [6.07, 6.45) is 0.291. The molecule has 1 atom stereocenters. The molecule has 0 bridgehead atoms. The SMILES string of the molecule is COCCOCC1OC1(C)C. The predicted octanol–water partition coefficient (Wildman–Crippen LogP) is 0.827. The minimum Gasteiger partial charge on any atom is -0.382 e. The first kappa shape index (κ1) is 8.97. The van der Waals surface area contributed by atoms with Crippen molar-refractivity contribution >= 4 is 0 Å². The molecule has 3 nitrogen and oxygen atoms in total. The third kappa shape index (κ3) is 2.77. The lowest BCUT2D eigenvalue weighted by atomic mass is 10.1. The summed E-state index contributed by atoms with van der Waals surface area (Å²) in [5, 5.41) is 0. The second kappa shape index (κ2) is 3.52. The van der Waals surface area contributed by atoms with E-state index in [2.05, 4.69) is 13.8 Å². The number of rotatable bonds is 5. The Morgan fingerprint density at radius 2 is 2.00 bits per heavy atom. The summed E-state index contributed by atoms with van der Waals surface area (Å²) in [4.78, 5) is 0. The molecule has 1 aliphatic rings. The normalized spacial score (nSPS) is 27.0. The van der Waals surface area contributed by atoms with Crippen molar-refractivity contribution in [3.8, 4) is 0 Å². The van der Waals surface area contributed by atoms with Gasteiger partial charge in [0.1, 0.15) is 6.10 Å². The molecule has 1 unspecified atom stereocenters. The van der Waals surface area contributed by atoms with E-state index < -0.39 is 0 Å². The molecule has 0 spiro atoms. The average molecular weight is 160 g/mol. The van der Waals surface area contributed by atoms with Crippen LogP contribution in [-0.2, 0) is 14.2 Å². The Balaban J connectivity index is 1.90. The zero-order valence-electron chi connectivity index (χ0n) is 7.42. The van der Waals surface area contributed by atoms with Gasteiger partial charge in [-0.15, -0.1) is 0 Å². The van der Waals surface area contributed by atoms with Gasteiger partial charge in [-0.3, -0.25) is 0 Å². The van der Waals surface area contributed by atoms with Gasteiger partial charge >= 0.3 is 0 Å². The van der Waals surface area contributed by atoms with Crippen molar-refractivity contribution in [3.05, 3.63) is 0 Å². The lowest BCUT2D eigenvalue weighted by Gasteiger charge is -2.00. The maximum atomic E-state index is 5.32. The maximum Gasteiger partial charge on any atom is 0.110 e. The molecule has 0 radical (unpaired) electrons. The van der Waals surface area contributed by atoms with Crippen molar-refractivity contribution < 1.29 is 14.2 Å². The topological polar surface area (TPSA) is 31.0 Å². The van der Waals surface area contributed by atoms with Crippen LogP contribution >= 0.6 is 0 Å². The van der Waals surface area contributed by atoms with Gasteiger partial charge in [-0.25, -0.2) is 0 Å². The van der Waals surface area contributed by atoms with Gasteiger partial charge in [-0.05, 0) is 13.8 Å². The van der Waals surface area contributed by atoms with E-state index in [0.717, 1.165) is 0 Å². The van der Waals surface area contributed by atoms with E-state index in [1.165, 1.54) is 0 Å². The smallest absolute Gasteiger partial charge is 0.110 e. The third-order valence-corrected chi connectivity index (χ3v) is 1.87. The highest BCUT2D eigenvalue weighted by Crippen LogP contribution is 2.34. The van der Waals surface area contributed by atoms with Crippen LogP contribution < -0.4 is 0 Å². The standard InChI is InChI=1S/C8H16O3/c1-8(2)7(11-8)6-10-5-4-9-3/h7H,4-6H2,1-3H3. The fraction of sp³-hybridized carbons (Fsp3) is 1.00. The molecule has 0 aliphatic carbocycles. The Labute approximate surface area is 67.6 Å². The monoisotopic (exact) mass is 160 g/mol. The molecule has 0 aromatic heterocycles. The summed E-state index contributed by atoms with van der Waals surface area (Å²) in [6, 6.07) is 0. The molecule has 66 valence electrons. The quantitative estimate of drug-likeness (QED) is 0.441. The second-order valence-electron chi connectivity index (χ2n) is 3.28. The first-order chi connectivity index (χ1) is 5.17. The summed E-state index contributed by atoms with van der Waals surface area (Å²) < 4.78 is 15.4. The summed E-state index contributed by atoms with van der Waals surface area (Å²) >= 11 is 0. The van der Waals surface area contributed by atoms with Crippen molar-refractivity contribution in [2.24, 2.45) is 0 Å². The van der Waals surface area contributed by atoms with Crippen LogP contribution in [0.4, 0.5) is 0 Å². The Morgan fingerprint density at radius 1 is 1.36 bits per heavy atom. The lowest BCUT2D eigenvalue weighted by Crippen LogP contribution is -2.12. The van der Waals surface area contributed by atoms with E-state index in [0.29, 0.717) is 25.9 Å². The minimum atomic E-state index is 0.0487. The summed E-state index contributed by atoms with van der Waals surface area (Å²) in [5.41, 5.74) is 0.0487. The fourth-order valence-corrected chi connectivity index (χ4v) is 0.900. The second-order valence-corrected chi connectivity index (χ2v) is 3.28. The van der Waals surface area contributed by atoms with Gasteiger partial charge in [0.25, 0.3) is 0 Å². The van der Waals surface area contributed by atoms with Gasteiger partial charge < -0.3 is 14.2 Å². The van der Waals surface area contributed by atoms with E-state index in [1.807, 2.05) is 0 Å². The van der Waals surface area contributed by atoms with Crippen molar-refractivity contribution in [1.29, 1.82) is 0 Å². The van der Waals surface area contributed by atoms with Gasteiger partial charge in [-0.2, -0.15) is 0 Å². The molecule has 1 heterocycles. The van der Waals surface area contributed by atoms with Crippen LogP contribution in [0, 0.1) is 0 Å². The van der Waals surface area contributed by atoms with Gasteiger partial charge in [0.05, 0.1) is 25.4 Å². The molecule has 0 N–H and O–H groups in total. The van der Waals surface area contributed by atoms with Crippen LogP contribution in [0.1, 0.15) is 13.8 Å². The van der Waals surface area contributed by atoms with E-state index >= 15 is 0 Å². The van der Waals surface area contributed by atoms with E-state index in [9.17, 15) is 0 Å². The molecular formula is C8H16O3. The van der Waals surface area contributed by atoms with Crippen LogP contribution in [0.25, 0.3) is 0 Å². The number of epoxide rings is 1. The van der Waals surface area contributed by atoms with Gasteiger partial charge in [0, 0.05) is 7.11 Å². The molecule has 11 heavy (non-hydrogen) atoms. The van der Waals surface area contributed by atoms with Crippen LogP contribution in [0.15, 0.2) is 0 Å². The fourth-order valence-electron chi connectivity index (χ4n) is 0.900. The van der Waals surface area contributed by atoms with Gasteiger partial charge in [0.15, 0.2) is 0 Å². The Hall–Kier alpha value is -0.120. The summed E-state index contributed by atoms with van der Waals surface area (Å²) in [6.45, 7) is 6.14. The molecule has 1 aliphatic heterocycles. The van der Waals surface area contributed by atoms with Crippen molar-refractivity contribution in [3.63, 3.8) is 0 Å². The number of ether oxygens (including phenoxy) is 3. The molecule has 1 fully saturated rings. The van der Waals surface area contributed by atoms with E-state index in [1.54, 1.807) is 7.11 Å². The lowest BCUT2D eigenvalue weighted by molar-refractivity contribution is 0.0622. The Bertz CT molecular complexity index is 123. The first-order valence-corrected chi connectivity index (χ1v) is 3.91. The summed E-state index contributed by atoms with van der Waals surface area (Å²) in [5.74, 6) is 0. The molecule has 0 aromatic rings. The highest BCUT2D eigenvalue weighted by atomic mass is 16.6. The van der Waals surface area contributed by atoms with Crippen LogP contribution in [-0.4, -0.2) is 38.6 Å². The zero-order chi connectivity index (χ0) is 8.32.